The van der Waals surface area contributed by atoms with Gasteiger partial charge >= 0.3 is 6.36 Å². The Hall–Kier alpha value is -3.67. The van der Waals surface area contributed by atoms with E-state index < -0.39 is 17.8 Å². The number of fused-ring (bicyclic) bond motifs is 1. The number of benzene rings is 1. The van der Waals surface area contributed by atoms with Crippen LogP contribution < -0.4 is 14.8 Å². The first kappa shape index (κ1) is 23.0. The zero-order valence-corrected chi connectivity index (χ0v) is 17.0. The summed E-state index contributed by atoms with van der Waals surface area (Å²) >= 11 is 1.28. The van der Waals surface area contributed by atoms with Gasteiger partial charge in [0, 0.05) is 18.0 Å². The van der Waals surface area contributed by atoms with Crippen LogP contribution in [-0.2, 0) is 10.3 Å². The first-order valence-electron chi connectivity index (χ1n) is 9.02. The van der Waals surface area contributed by atoms with Gasteiger partial charge in [-0.1, -0.05) is 12.1 Å². The maximum absolute atomic E-state index is 12.8. The first-order valence-corrected chi connectivity index (χ1v) is 9.96. The third-order valence-electron chi connectivity index (χ3n) is 4.48. The van der Waals surface area contributed by atoms with E-state index in [9.17, 15) is 18.0 Å². The van der Waals surface area contributed by atoms with Crippen molar-refractivity contribution >= 4 is 23.7 Å². The molecule has 0 radical (unpaired) electrons. The predicted molar refractivity (Wildman–Crippen MR) is 107 cm³/mol. The Labute approximate surface area is 183 Å². The fraction of sp³-hybridized carbons (Fsp3) is 0.200. The maximum atomic E-state index is 12.8. The van der Waals surface area contributed by atoms with Gasteiger partial charge in [0.25, 0.3) is 12.4 Å². The standard InChI is InChI=1S/C19H14F3N3O3S.CH2O2/c20-19(21,22)28-13-5-3-12(4-6-13)18(25-17(26)14-10-29-11-24-14)7-9-27-15-2-1-8-23-16(15)18;2-1-3/h1-6,8,10-11H,7,9H2,(H,25,26);1H,(H,2,3)/t18-;/m0./s1. The van der Waals surface area contributed by atoms with Crippen LogP contribution in [0, 0.1) is 0 Å². The lowest BCUT2D eigenvalue weighted by Gasteiger charge is -2.38. The topological polar surface area (TPSA) is 111 Å². The fourth-order valence-corrected chi connectivity index (χ4v) is 3.79. The van der Waals surface area contributed by atoms with E-state index in [4.69, 9.17) is 14.6 Å². The Morgan fingerprint density at radius 3 is 2.59 bits per heavy atom. The number of alkyl halides is 3. The summed E-state index contributed by atoms with van der Waals surface area (Å²) in [6.45, 7) is 0.0385. The number of hydrogen-bond donors (Lipinski definition) is 2. The van der Waals surface area contributed by atoms with Crippen molar-refractivity contribution in [1.82, 2.24) is 15.3 Å². The van der Waals surface area contributed by atoms with Gasteiger partial charge in [-0.3, -0.25) is 14.6 Å². The van der Waals surface area contributed by atoms with E-state index in [0.717, 1.165) is 0 Å². The van der Waals surface area contributed by atoms with Crippen LogP contribution in [0.3, 0.4) is 0 Å². The molecule has 0 unspecified atom stereocenters. The van der Waals surface area contributed by atoms with Crippen LogP contribution in [0.5, 0.6) is 11.5 Å². The highest BCUT2D eigenvalue weighted by Gasteiger charge is 2.43. The Morgan fingerprint density at radius 1 is 1.25 bits per heavy atom. The summed E-state index contributed by atoms with van der Waals surface area (Å²) < 4.78 is 47.1. The number of thiazole rings is 1. The molecule has 1 aliphatic rings. The molecular formula is C20H16F3N3O5S. The molecule has 12 heteroatoms. The van der Waals surface area contributed by atoms with Crippen molar-refractivity contribution in [1.29, 1.82) is 0 Å². The Morgan fingerprint density at radius 2 is 1.97 bits per heavy atom. The maximum Gasteiger partial charge on any atom is 0.573 e. The molecule has 32 heavy (non-hydrogen) atoms. The molecule has 1 aliphatic heterocycles. The second-order valence-corrected chi connectivity index (χ2v) is 7.08. The zero-order valence-electron chi connectivity index (χ0n) is 16.2. The highest BCUT2D eigenvalue weighted by Crippen LogP contribution is 2.41. The van der Waals surface area contributed by atoms with Gasteiger partial charge in [-0.25, -0.2) is 4.98 Å². The summed E-state index contributed by atoms with van der Waals surface area (Å²) in [5.41, 5.74) is 1.72. The predicted octanol–water partition coefficient (Wildman–Crippen LogP) is 3.59. The smallest absolute Gasteiger partial charge is 0.491 e. The Kier molecular flexibility index (Phi) is 6.93. The molecule has 0 saturated carbocycles. The van der Waals surface area contributed by atoms with E-state index in [1.54, 1.807) is 29.2 Å². The molecule has 2 N–H and O–H groups in total. The number of nitrogens with one attached hydrogen (secondary N) is 1. The quantitative estimate of drug-likeness (QED) is 0.564. The molecule has 0 aliphatic carbocycles. The number of hydrogen-bond acceptors (Lipinski definition) is 7. The summed E-state index contributed by atoms with van der Waals surface area (Å²) in [6.07, 6.45) is -2.88. The van der Waals surface area contributed by atoms with Crippen molar-refractivity contribution in [2.24, 2.45) is 0 Å². The molecule has 168 valence electrons. The van der Waals surface area contributed by atoms with Crippen molar-refractivity contribution in [3.05, 3.63) is 70.4 Å². The van der Waals surface area contributed by atoms with Crippen molar-refractivity contribution in [2.75, 3.05) is 6.61 Å². The van der Waals surface area contributed by atoms with E-state index in [1.807, 2.05) is 0 Å². The molecule has 0 saturated heterocycles. The summed E-state index contributed by atoms with van der Waals surface area (Å²) in [5.74, 6) is -0.274. The van der Waals surface area contributed by atoms with E-state index >= 15 is 0 Å². The molecule has 0 spiro atoms. The number of nitrogens with zero attached hydrogens (tertiary/aromatic N) is 2. The number of halogens is 3. The minimum absolute atomic E-state index is 0.246. The second kappa shape index (κ2) is 9.64. The number of amides is 1. The van der Waals surface area contributed by atoms with Crippen LogP contribution in [0.4, 0.5) is 13.2 Å². The Bertz CT molecular complexity index is 1060. The van der Waals surface area contributed by atoms with Gasteiger partial charge in [0.15, 0.2) is 0 Å². The lowest BCUT2D eigenvalue weighted by Crippen LogP contribution is -2.50. The number of ether oxygens (including phenoxy) is 2. The van der Waals surface area contributed by atoms with Crippen LogP contribution in [0.15, 0.2) is 53.5 Å². The lowest BCUT2D eigenvalue weighted by atomic mass is 9.81. The minimum Gasteiger partial charge on any atom is -0.491 e. The second-order valence-electron chi connectivity index (χ2n) is 6.36. The van der Waals surface area contributed by atoms with Crippen LogP contribution in [0.2, 0.25) is 0 Å². The number of carbonyl (C=O) groups is 2. The minimum atomic E-state index is -4.79. The summed E-state index contributed by atoms with van der Waals surface area (Å²) in [7, 11) is 0. The van der Waals surface area contributed by atoms with Gasteiger partial charge in [-0.2, -0.15) is 0 Å². The van der Waals surface area contributed by atoms with E-state index in [0.29, 0.717) is 23.4 Å². The highest BCUT2D eigenvalue weighted by molar-refractivity contribution is 7.07. The van der Waals surface area contributed by atoms with Crippen molar-refractivity contribution < 1.29 is 37.3 Å². The van der Waals surface area contributed by atoms with E-state index in [2.05, 4.69) is 20.0 Å². The zero-order chi connectivity index (χ0) is 23.2. The van der Waals surface area contributed by atoms with Crippen LogP contribution in [-0.4, -0.2) is 40.4 Å². The van der Waals surface area contributed by atoms with Gasteiger partial charge in [0.05, 0.1) is 12.1 Å². The molecule has 1 atom stereocenters. The molecule has 0 bridgehead atoms. The van der Waals surface area contributed by atoms with Crippen LogP contribution in [0.25, 0.3) is 0 Å². The first-order chi connectivity index (χ1) is 15.3. The van der Waals surface area contributed by atoms with E-state index in [-0.39, 0.29) is 24.5 Å². The van der Waals surface area contributed by atoms with Crippen LogP contribution >= 0.6 is 11.3 Å². The van der Waals surface area contributed by atoms with Crippen molar-refractivity contribution in [3.63, 3.8) is 0 Å². The molecule has 4 rings (SSSR count). The Balaban J connectivity index is 0.000000913. The van der Waals surface area contributed by atoms with Gasteiger partial charge in [0.1, 0.15) is 28.4 Å². The average molecular weight is 467 g/mol. The summed E-state index contributed by atoms with van der Waals surface area (Å²) in [6, 6.07) is 8.80. The average Bonchev–Trinajstić information content (AvgIpc) is 3.29. The third kappa shape index (κ3) is 5.14. The van der Waals surface area contributed by atoms with Crippen molar-refractivity contribution in [3.8, 4) is 11.5 Å². The molecular weight excluding hydrogens is 451 g/mol. The molecule has 1 aromatic carbocycles. The molecule has 1 amide bonds. The lowest BCUT2D eigenvalue weighted by molar-refractivity contribution is -0.274. The van der Waals surface area contributed by atoms with Gasteiger partial charge in [-0.05, 0) is 29.8 Å². The monoisotopic (exact) mass is 467 g/mol. The summed E-state index contributed by atoms with van der Waals surface area (Å²) in [5, 5.41) is 11.5. The third-order valence-corrected chi connectivity index (χ3v) is 5.07. The van der Waals surface area contributed by atoms with Crippen LogP contribution in [0.1, 0.15) is 28.2 Å². The van der Waals surface area contributed by atoms with Gasteiger partial charge in [-0.15, -0.1) is 24.5 Å². The molecule has 0 fully saturated rings. The van der Waals surface area contributed by atoms with Gasteiger partial charge in [0.2, 0.25) is 0 Å². The number of carboxylic acid groups (broad SMARTS) is 1. The molecule has 8 nitrogen and oxygen atoms in total. The highest BCUT2D eigenvalue weighted by atomic mass is 32.1. The van der Waals surface area contributed by atoms with Gasteiger partial charge < -0.3 is 19.9 Å². The van der Waals surface area contributed by atoms with Crippen molar-refractivity contribution in [2.45, 2.75) is 18.3 Å². The largest absolute Gasteiger partial charge is 0.573 e. The number of carbonyl (C=O) groups excluding carboxylic acids is 1. The fourth-order valence-electron chi connectivity index (χ4n) is 3.26. The van der Waals surface area contributed by atoms with E-state index in [1.165, 1.54) is 35.6 Å². The molecule has 2 aromatic heterocycles. The number of pyridine rings is 1. The SMILES string of the molecule is O=C(N[C@]1(c2ccc(OC(F)(F)F)cc2)CCOc2cccnc21)c1cscn1.O=CO. The number of rotatable bonds is 4. The molecule has 3 aromatic rings. The summed E-state index contributed by atoms with van der Waals surface area (Å²) in [4.78, 5) is 29.6. The molecule has 3 heterocycles. The number of aromatic nitrogens is 2. The normalized spacial score (nSPS) is 17.1.